The minimum atomic E-state index is -0.389. The fourth-order valence-electron chi connectivity index (χ4n) is 2.04. The summed E-state index contributed by atoms with van der Waals surface area (Å²) in [5.74, 6) is 0.262. The molecule has 3 N–H and O–H groups in total. The third-order valence-electron chi connectivity index (χ3n) is 3.98. The molecule has 0 radical (unpaired) electrons. The molecule has 6 nitrogen and oxygen atoms in total. The monoisotopic (exact) mass is 290 g/mol. The molecule has 114 valence electrons. The van der Waals surface area contributed by atoms with Crippen molar-refractivity contribution >= 4 is 19.1 Å². The molecular formula is C14H23BN4O2. The van der Waals surface area contributed by atoms with Crippen LogP contribution in [0.15, 0.2) is 17.9 Å². The Hall–Kier alpha value is -1.44. The first kappa shape index (κ1) is 15.9. The molecule has 7 heteroatoms. The van der Waals surface area contributed by atoms with Crippen LogP contribution >= 0.6 is 0 Å². The van der Waals surface area contributed by atoms with Gasteiger partial charge in [-0.2, -0.15) is 0 Å². The quantitative estimate of drug-likeness (QED) is 0.813. The molecule has 1 fully saturated rings. The lowest BCUT2D eigenvalue weighted by Crippen LogP contribution is -2.41. The van der Waals surface area contributed by atoms with Gasteiger partial charge in [-0.15, -0.1) is 0 Å². The van der Waals surface area contributed by atoms with Gasteiger partial charge in [-0.05, 0) is 40.2 Å². The van der Waals surface area contributed by atoms with Gasteiger partial charge >= 0.3 is 7.12 Å². The second-order valence-electron chi connectivity index (χ2n) is 6.21. The number of hydrogen-bond acceptors (Lipinski definition) is 6. The van der Waals surface area contributed by atoms with Gasteiger partial charge in [0, 0.05) is 24.5 Å². The van der Waals surface area contributed by atoms with Crippen LogP contribution in [0.5, 0.6) is 0 Å². The van der Waals surface area contributed by atoms with Crippen molar-refractivity contribution in [1.82, 2.24) is 15.3 Å². The average Bonchev–Trinajstić information content (AvgIpc) is 2.60. The first-order valence-corrected chi connectivity index (χ1v) is 7.03. The van der Waals surface area contributed by atoms with Gasteiger partial charge in [0.05, 0.1) is 11.2 Å². The van der Waals surface area contributed by atoms with Gasteiger partial charge in [-0.1, -0.05) is 6.08 Å². The Labute approximate surface area is 126 Å². The summed E-state index contributed by atoms with van der Waals surface area (Å²) in [5.41, 5.74) is 6.64. The Morgan fingerprint density at radius 2 is 1.76 bits per heavy atom. The highest BCUT2D eigenvalue weighted by atomic mass is 16.7. The number of aromatic nitrogens is 2. The summed E-state index contributed by atoms with van der Waals surface area (Å²) in [6.07, 6.45) is 5.34. The molecule has 0 aromatic carbocycles. The maximum absolute atomic E-state index is 6.08. The number of rotatable bonds is 4. The number of anilines is 1. The fraction of sp³-hybridized carbons (Fsp3) is 0.571. The van der Waals surface area contributed by atoms with Gasteiger partial charge < -0.3 is 20.4 Å². The molecule has 0 saturated carbocycles. The third-order valence-corrected chi connectivity index (χ3v) is 3.98. The molecule has 1 aliphatic heterocycles. The molecule has 1 aromatic rings. The van der Waals surface area contributed by atoms with Crippen molar-refractivity contribution in [3.8, 4) is 0 Å². The van der Waals surface area contributed by atoms with Crippen LogP contribution in [-0.2, 0) is 9.31 Å². The molecule has 0 atom stereocenters. The van der Waals surface area contributed by atoms with E-state index in [1.807, 2.05) is 40.8 Å². The average molecular weight is 290 g/mol. The summed E-state index contributed by atoms with van der Waals surface area (Å²) in [6, 6.07) is 0. The molecule has 2 rings (SSSR count). The van der Waals surface area contributed by atoms with Gasteiger partial charge in [0.2, 0.25) is 5.95 Å². The lowest BCUT2D eigenvalue weighted by atomic mass is 9.77. The highest BCUT2D eigenvalue weighted by Gasteiger charge is 2.52. The van der Waals surface area contributed by atoms with E-state index in [1.165, 1.54) is 0 Å². The van der Waals surface area contributed by atoms with Gasteiger partial charge in [-0.3, -0.25) is 0 Å². The first-order chi connectivity index (χ1) is 9.75. The summed E-state index contributed by atoms with van der Waals surface area (Å²) in [7, 11) is 1.50. The van der Waals surface area contributed by atoms with Crippen LogP contribution in [0.1, 0.15) is 33.3 Å². The zero-order valence-corrected chi connectivity index (χ0v) is 13.3. The molecule has 0 unspecified atom stereocenters. The summed E-state index contributed by atoms with van der Waals surface area (Å²) in [6.45, 7) is 8.81. The standard InChI is InChI=1S/C14H23BN4O2/c1-13(2)14(3,4)21-15(20-13)11(9-17-5)6-10-7-18-12(16)19-8-10/h6-8,17H,9H2,1-5H3,(H2,16,18,19). The molecular weight excluding hydrogens is 267 g/mol. The second kappa shape index (κ2) is 5.75. The van der Waals surface area contributed by atoms with E-state index < -0.39 is 0 Å². The van der Waals surface area contributed by atoms with Gasteiger partial charge in [0.1, 0.15) is 0 Å². The lowest BCUT2D eigenvalue weighted by Gasteiger charge is -2.32. The van der Waals surface area contributed by atoms with E-state index in [9.17, 15) is 0 Å². The topological polar surface area (TPSA) is 82.3 Å². The van der Waals surface area contributed by atoms with Crippen LogP contribution in [0.2, 0.25) is 0 Å². The van der Waals surface area contributed by atoms with E-state index in [2.05, 4.69) is 15.3 Å². The van der Waals surface area contributed by atoms with E-state index in [4.69, 9.17) is 15.0 Å². The lowest BCUT2D eigenvalue weighted by molar-refractivity contribution is 0.00578. The predicted molar refractivity (Wildman–Crippen MR) is 84.4 cm³/mol. The van der Waals surface area contributed by atoms with Gasteiger partial charge in [0.25, 0.3) is 0 Å². The van der Waals surface area contributed by atoms with Crippen LogP contribution in [-0.4, -0.2) is 41.9 Å². The third kappa shape index (κ3) is 3.43. The van der Waals surface area contributed by atoms with E-state index >= 15 is 0 Å². The zero-order valence-electron chi connectivity index (χ0n) is 13.3. The predicted octanol–water partition coefficient (Wildman–Crippen LogP) is 1.29. The SMILES string of the molecule is CNCC(=Cc1cnc(N)nc1)B1OC(C)(C)C(C)(C)O1. The second-order valence-corrected chi connectivity index (χ2v) is 6.21. The van der Waals surface area contributed by atoms with Crippen LogP contribution in [0, 0.1) is 0 Å². The number of nitrogens with zero attached hydrogens (tertiary/aromatic N) is 2. The summed E-state index contributed by atoms with van der Waals surface area (Å²) in [5, 5.41) is 3.14. The van der Waals surface area contributed by atoms with Crippen molar-refractivity contribution in [2.24, 2.45) is 0 Å². The molecule has 1 aromatic heterocycles. The Balaban J connectivity index is 2.26. The molecule has 1 saturated heterocycles. The van der Waals surface area contributed by atoms with E-state index in [0.717, 1.165) is 11.0 Å². The number of nitrogens with one attached hydrogen (secondary N) is 1. The van der Waals surface area contributed by atoms with Crippen molar-refractivity contribution in [3.63, 3.8) is 0 Å². The molecule has 0 bridgehead atoms. The maximum Gasteiger partial charge on any atom is 0.491 e. The van der Waals surface area contributed by atoms with E-state index in [1.54, 1.807) is 12.4 Å². The van der Waals surface area contributed by atoms with Crippen molar-refractivity contribution in [3.05, 3.63) is 23.4 Å². The highest BCUT2D eigenvalue weighted by molar-refractivity contribution is 6.55. The van der Waals surface area contributed by atoms with Crippen LogP contribution in [0.3, 0.4) is 0 Å². The molecule has 21 heavy (non-hydrogen) atoms. The Kier molecular flexibility index (Phi) is 4.36. The van der Waals surface area contributed by atoms with Crippen molar-refractivity contribution < 1.29 is 9.31 Å². The minimum absolute atomic E-state index is 0.262. The first-order valence-electron chi connectivity index (χ1n) is 7.03. The van der Waals surface area contributed by atoms with Crippen LogP contribution in [0.4, 0.5) is 5.95 Å². The maximum atomic E-state index is 6.08. The number of hydrogen-bond donors (Lipinski definition) is 2. The van der Waals surface area contributed by atoms with Crippen molar-refractivity contribution in [2.75, 3.05) is 19.3 Å². The van der Waals surface area contributed by atoms with Crippen LogP contribution in [0.25, 0.3) is 6.08 Å². The number of nitrogen functional groups attached to an aromatic ring is 1. The number of nitrogens with two attached hydrogens (primary N) is 1. The summed E-state index contributed by atoms with van der Waals surface area (Å²) < 4.78 is 12.2. The Morgan fingerprint density at radius 3 is 2.24 bits per heavy atom. The largest absolute Gasteiger partial charge is 0.491 e. The van der Waals surface area contributed by atoms with E-state index in [-0.39, 0.29) is 24.3 Å². The highest BCUT2D eigenvalue weighted by Crippen LogP contribution is 2.38. The summed E-state index contributed by atoms with van der Waals surface area (Å²) in [4.78, 5) is 7.99. The van der Waals surface area contributed by atoms with Gasteiger partial charge in [0.15, 0.2) is 0 Å². The van der Waals surface area contributed by atoms with E-state index in [0.29, 0.717) is 6.54 Å². The molecule has 2 heterocycles. The van der Waals surface area contributed by atoms with Crippen molar-refractivity contribution in [2.45, 2.75) is 38.9 Å². The van der Waals surface area contributed by atoms with Crippen LogP contribution < -0.4 is 11.1 Å². The van der Waals surface area contributed by atoms with Gasteiger partial charge in [-0.25, -0.2) is 9.97 Å². The minimum Gasteiger partial charge on any atom is -0.400 e. The molecule has 1 aliphatic rings. The Bertz CT molecular complexity index is 512. The fourth-order valence-corrected chi connectivity index (χ4v) is 2.04. The molecule has 0 spiro atoms. The summed E-state index contributed by atoms with van der Waals surface area (Å²) >= 11 is 0. The Morgan fingerprint density at radius 1 is 1.24 bits per heavy atom. The smallest absolute Gasteiger partial charge is 0.400 e. The number of likely N-dealkylation sites (N-methyl/N-ethyl adjacent to an activating group) is 1. The molecule has 0 aliphatic carbocycles. The zero-order chi connectivity index (χ0) is 15.7. The van der Waals surface area contributed by atoms with Crippen molar-refractivity contribution in [1.29, 1.82) is 0 Å². The molecule has 0 amide bonds. The normalized spacial score (nSPS) is 20.8.